The van der Waals surface area contributed by atoms with Crippen LogP contribution >= 0.6 is 11.3 Å². The van der Waals surface area contributed by atoms with Crippen LogP contribution < -0.4 is 4.83 Å². The van der Waals surface area contributed by atoms with Crippen LogP contribution in [0.1, 0.15) is 41.3 Å². The second kappa shape index (κ2) is 7.21. The first-order chi connectivity index (χ1) is 12.3. The summed E-state index contributed by atoms with van der Waals surface area (Å²) in [5, 5.41) is 5.83. The van der Waals surface area contributed by atoms with E-state index in [2.05, 4.69) is 35.9 Å². The zero-order valence-electron chi connectivity index (χ0n) is 15.3. The van der Waals surface area contributed by atoms with Crippen LogP contribution in [0.3, 0.4) is 0 Å². The normalized spacial score (nSPS) is 12.3. The highest BCUT2D eigenvalue weighted by Gasteiger charge is 2.25. The van der Waals surface area contributed by atoms with Gasteiger partial charge in [0.25, 0.3) is 10.0 Å². The molecule has 0 fully saturated rings. The molecule has 26 heavy (non-hydrogen) atoms. The van der Waals surface area contributed by atoms with Gasteiger partial charge in [-0.1, -0.05) is 38.1 Å². The lowest BCUT2D eigenvalue weighted by atomic mass is 10.0. The van der Waals surface area contributed by atoms with Crippen molar-refractivity contribution < 1.29 is 8.42 Å². The van der Waals surface area contributed by atoms with Crippen LogP contribution in [0, 0.1) is 13.8 Å². The molecule has 0 spiro atoms. The minimum atomic E-state index is -3.75. The molecule has 0 bridgehead atoms. The van der Waals surface area contributed by atoms with E-state index in [1.807, 2.05) is 37.4 Å². The van der Waals surface area contributed by atoms with E-state index >= 15 is 0 Å². The molecule has 4 nitrogen and oxygen atoms in total. The number of sulfonamides is 1. The van der Waals surface area contributed by atoms with Crippen LogP contribution in [0.4, 0.5) is 0 Å². The minimum Gasteiger partial charge on any atom is -0.200 e. The van der Waals surface area contributed by atoms with Gasteiger partial charge in [0, 0.05) is 10.4 Å². The Morgan fingerprint density at radius 1 is 1.12 bits per heavy atom. The fourth-order valence-electron chi connectivity index (χ4n) is 2.93. The first-order valence-electron chi connectivity index (χ1n) is 8.42. The quantitative estimate of drug-likeness (QED) is 0.500. The summed E-state index contributed by atoms with van der Waals surface area (Å²) in [5.74, 6) is 0.368. The minimum absolute atomic E-state index is 0.275. The lowest BCUT2D eigenvalue weighted by Gasteiger charge is -2.06. The molecule has 0 aromatic carbocycles. The van der Waals surface area contributed by atoms with Gasteiger partial charge in [-0.2, -0.15) is 13.5 Å². The summed E-state index contributed by atoms with van der Waals surface area (Å²) >= 11 is 1.50. The Balaban J connectivity index is 2.03. The summed E-state index contributed by atoms with van der Waals surface area (Å²) in [6.45, 7) is 8.15. The molecular formula is C20H22N2O2S2. The number of hydrogen-bond acceptors (Lipinski definition) is 4. The van der Waals surface area contributed by atoms with Gasteiger partial charge in [-0.15, -0.1) is 11.3 Å². The van der Waals surface area contributed by atoms with Gasteiger partial charge in [0.1, 0.15) is 0 Å². The van der Waals surface area contributed by atoms with Crippen molar-refractivity contribution in [1.29, 1.82) is 0 Å². The van der Waals surface area contributed by atoms with E-state index in [9.17, 15) is 8.42 Å². The Kier molecular flexibility index (Phi) is 5.16. The van der Waals surface area contributed by atoms with E-state index in [1.165, 1.54) is 23.1 Å². The first-order valence-corrected chi connectivity index (χ1v) is 10.8. The molecule has 0 atom stereocenters. The van der Waals surface area contributed by atoms with Crippen molar-refractivity contribution in [1.82, 2.24) is 4.83 Å². The van der Waals surface area contributed by atoms with E-state index in [0.717, 1.165) is 27.1 Å². The molecule has 0 amide bonds. The fourth-order valence-corrected chi connectivity index (χ4v) is 4.68. The van der Waals surface area contributed by atoms with Crippen LogP contribution in [0.2, 0.25) is 0 Å². The Hall–Kier alpha value is -2.18. The summed E-state index contributed by atoms with van der Waals surface area (Å²) in [4.78, 5) is 3.51. The van der Waals surface area contributed by atoms with Crippen molar-refractivity contribution in [2.45, 2.75) is 38.5 Å². The van der Waals surface area contributed by atoms with E-state index in [0.29, 0.717) is 5.92 Å². The van der Waals surface area contributed by atoms with E-state index in [-0.39, 0.29) is 4.90 Å². The molecule has 6 heteroatoms. The highest BCUT2D eigenvalue weighted by atomic mass is 32.2. The molecule has 1 aromatic rings. The van der Waals surface area contributed by atoms with E-state index in [1.54, 1.807) is 6.07 Å². The largest absolute Gasteiger partial charge is 0.277 e. The average Bonchev–Trinajstić information content (AvgIpc) is 3.15. The maximum Gasteiger partial charge on any atom is 0.277 e. The summed E-state index contributed by atoms with van der Waals surface area (Å²) in [6, 6.07) is 11.6. The van der Waals surface area contributed by atoms with Crippen molar-refractivity contribution in [2.75, 3.05) is 0 Å². The maximum atomic E-state index is 12.8. The monoisotopic (exact) mass is 386 g/mol. The zero-order chi connectivity index (χ0) is 18.9. The van der Waals surface area contributed by atoms with Crippen LogP contribution in [-0.2, 0) is 10.0 Å². The lowest BCUT2D eigenvalue weighted by molar-refractivity contribution is 0.585. The SMILES string of the molecule is Cc1cc(S(=O)(=O)N/N=C\c2cccs2)c2c(C)ccc(C(C)C)cc1-2. The Morgan fingerprint density at radius 3 is 2.54 bits per heavy atom. The molecule has 1 heterocycles. The predicted octanol–water partition coefficient (Wildman–Crippen LogP) is 4.91. The van der Waals surface area contributed by atoms with Crippen LogP contribution in [-0.4, -0.2) is 14.6 Å². The molecule has 2 aliphatic rings. The summed E-state index contributed by atoms with van der Waals surface area (Å²) < 4.78 is 25.7. The predicted molar refractivity (Wildman–Crippen MR) is 109 cm³/mol. The van der Waals surface area contributed by atoms with E-state index < -0.39 is 10.0 Å². The highest BCUT2D eigenvalue weighted by molar-refractivity contribution is 7.89. The van der Waals surface area contributed by atoms with Gasteiger partial charge in [-0.25, -0.2) is 4.83 Å². The molecule has 0 saturated carbocycles. The van der Waals surface area contributed by atoms with Crippen LogP contribution in [0.5, 0.6) is 0 Å². The third kappa shape index (κ3) is 3.66. The van der Waals surface area contributed by atoms with Gasteiger partial charge in [0.05, 0.1) is 11.1 Å². The smallest absolute Gasteiger partial charge is 0.200 e. The van der Waals surface area contributed by atoms with Crippen molar-refractivity contribution in [2.24, 2.45) is 5.10 Å². The maximum absolute atomic E-state index is 12.8. The molecule has 0 aliphatic heterocycles. The molecule has 0 unspecified atom stereocenters. The summed E-state index contributed by atoms with van der Waals surface area (Å²) in [5.41, 5.74) is 4.79. The lowest BCUT2D eigenvalue weighted by Crippen LogP contribution is -2.18. The van der Waals surface area contributed by atoms with E-state index in [4.69, 9.17) is 0 Å². The molecule has 136 valence electrons. The van der Waals surface area contributed by atoms with Crippen molar-refractivity contribution in [3.63, 3.8) is 0 Å². The zero-order valence-corrected chi connectivity index (χ0v) is 16.9. The van der Waals surface area contributed by atoms with Crippen LogP contribution in [0.25, 0.3) is 11.1 Å². The summed E-state index contributed by atoms with van der Waals surface area (Å²) in [7, 11) is -3.75. The number of fused-ring (bicyclic) bond motifs is 1. The molecular weight excluding hydrogens is 364 g/mol. The van der Waals surface area contributed by atoms with Crippen molar-refractivity contribution in [3.05, 3.63) is 63.3 Å². The molecule has 0 radical (unpaired) electrons. The van der Waals surface area contributed by atoms with Crippen molar-refractivity contribution in [3.8, 4) is 11.1 Å². The molecule has 1 N–H and O–H groups in total. The number of aryl methyl sites for hydroxylation is 2. The highest BCUT2D eigenvalue weighted by Crippen LogP contribution is 2.38. The second-order valence-electron chi connectivity index (χ2n) is 6.66. The fraction of sp³-hybridized carbons (Fsp3) is 0.250. The Labute approximate surface area is 159 Å². The van der Waals surface area contributed by atoms with Gasteiger partial charge in [0.15, 0.2) is 0 Å². The standard InChI is InChI=1S/C20H22N2O2S2/c1-13(2)16-8-7-14(3)20-18(11-16)15(4)10-19(20)26(23,24)22-21-12-17-6-5-9-25-17/h5-13,22H,1-4H3/b21-12-. The third-order valence-electron chi connectivity index (χ3n) is 4.38. The van der Waals surface area contributed by atoms with Crippen molar-refractivity contribution >= 4 is 27.6 Å². The Morgan fingerprint density at radius 2 is 1.88 bits per heavy atom. The van der Waals surface area contributed by atoms with Gasteiger partial charge in [-0.3, -0.25) is 0 Å². The number of hydrazone groups is 1. The Bertz CT molecular complexity index is 1020. The molecule has 3 rings (SSSR count). The number of nitrogens with zero attached hydrogens (tertiary/aromatic N) is 1. The number of thiophene rings is 1. The number of rotatable bonds is 5. The average molecular weight is 387 g/mol. The second-order valence-corrected chi connectivity index (χ2v) is 9.27. The molecule has 2 aliphatic carbocycles. The summed E-state index contributed by atoms with van der Waals surface area (Å²) in [6.07, 6.45) is 1.52. The third-order valence-corrected chi connectivity index (χ3v) is 6.44. The van der Waals surface area contributed by atoms with Gasteiger partial charge >= 0.3 is 0 Å². The van der Waals surface area contributed by atoms with Gasteiger partial charge in [0.2, 0.25) is 0 Å². The number of hydrogen-bond donors (Lipinski definition) is 1. The topological polar surface area (TPSA) is 58.5 Å². The molecule has 1 aromatic heterocycles. The first kappa shape index (κ1) is 18.6. The van der Waals surface area contributed by atoms with Crippen LogP contribution in [0.15, 0.2) is 51.8 Å². The molecule has 0 saturated heterocycles. The number of nitrogens with one attached hydrogen (secondary N) is 1. The van der Waals surface area contributed by atoms with Gasteiger partial charge < -0.3 is 0 Å². The van der Waals surface area contributed by atoms with Gasteiger partial charge in [-0.05, 0) is 59.5 Å².